The SMILES string of the molecule is CC(C)(C)c1cc(-c2nc3c(-c4[c-]c(-c5cc(-c6ccc(-c7ccccc7)cc6)ccn5)cc(-c5ccccc5)c4)cccc3n2-c2ccc(-c3ccccc3)cc2C(C)(C)C)c(O)c(C(C)(C)C)c1.[Pt]. The van der Waals surface area contributed by atoms with Gasteiger partial charge >= 0.3 is 0 Å². The van der Waals surface area contributed by atoms with E-state index in [1.54, 1.807) is 0 Å². The van der Waals surface area contributed by atoms with Gasteiger partial charge in [-0.1, -0.05) is 225 Å². The molecule has 0 bridgehead atoms. The summed E-state index contributed by atoms with van der Waals surface area (Å²) in [7, 11) is 0. The molecule has 10 aromatic rings. The summed E-state index contributed by atoms with van der Waals surface area (Å²) < 4.78 is 2.29. The molecule has 2 aromatic heterocycles. The molecule has 5 heteroatoms. The molecule has 10 rings (SSSR count). The fourth-order valence-electron chi connectivity index (χ4n) is 9.59. The summed E-state index contributed by atoms with van der Waals surface area (Å²) >= 11 is 0. The summed E-state index contributed by atoms with van der Waals surface area (Å²) in [6, 6.07) is 70.4. The molecule has 71 heavy (non-hydrogen) atoms. The zero-order valence-corrected chi connectivity index (χ0v) is 44.4. The molecule has 0 amide bonds. The topological polar surface area (TPSA) is 50.9 Å². The van der Waals surface area contributed by atoms with E-state index in [1.807, 2.05) is 12.3 Å². The standard InChI is InChI=1S/C66H60N3O.Pt/c1-64(2,3)53-41-55(62(70)57(42-53)66(7,8)9)63-68-61-54(26-19-27-60(61)69(63)59-33-32-48(39-56(59)65(4,5)6)44-22-15-11-16-23-44)51-36-50(45-24-17-12-18-25-45)37-52(38-51)58-40-49(34-35-67-58)47-30-28-46(29-31-47)43-20-13-10-14-21-43;/h10-37,39-42,70H,1-9H3;/q-1;. The van der Waals surface area contributed by atoms with E-state index in [0.717, 1.165) is 83.6 Å². The molecule has 0 saturated carbocycles. The van der Waals surface area contributed by atoms with Crippen molar-refractivity contribution in [2.45, 2.75) is 78.6 Å². The summed E-state index contributed by atoms with van der Waals surface area (Å²) in [5, 5.41) is 12.6. The van der Waals surface area contributed by atoms with E-state index in [-0.39, 0.29) is 43.1 Å². The number of aromatic nitrogens is 3. The molecule has 1 N–H and O–H groups in total. The van der Waals surface area contributed by atoms with E-state index in [2.05, 4.69) is 255 Å². The number of hydrogen-bond donors (Lipinski definition) is 1. The summed E-state index contributed by atoms with van der Waals surface area (Å²) in [6.45, 7) is 20.0. The second kappa shape index (κ2) is 19.2. The van der Waals surface area contributed by atoms with Crippen LogP contribution >= 0.6 is 0 Å². The molecule has 0 atom stereocenters. The van der Waals surface area contributed by atoms with Crippen molar-refractivity contribution in [1.29, 1.82) is 0 Å². The molecule has 0 aliphatic carbocycles. The molecular formula is C66H60N3OPt-. The van der Waals surface area contributed by atoms with E-state index < -0.39 is 0 Å². The average Bonchev–Trinajstić information content (AvgIpc) is 3.75. The van der Waals surface area contributed by atoms with Crippen molar-refractivity contribution in [2.75, 3.05) is 0 Å². The van der Waals surface area contributed by atoms with Crippen LogP contribution in [0.3, 0.4) is 0 Å². The molecule has 0 saturated heterocycles. The number of phenolic OH excluding ortho intramolecular Hbond substituents is 1. The molecule has 0 radical (unpaired) electrons. The minimum Gasteiger partial charge on any atom is -0.507 e. The number of rotatable bonds is 8. The van der Waals surface area contributed by atoms with Gasteiger partial charge in [0.2, 0.25) is 0 Å². The van der Waals surface area contributed by atoms with Gasteiger partial charge in [0, 0.05) is 38.5 Å². The van der Waals surface area contributed by atoms with Crippen molar-refractivity contribution < 1.29 is 26.2 Å². The predicted octanol–water partition coefficient (Wildman–Crippen LogP) is 17.5. The van der Waals surface area contributed by atoms with Crippen LogP contribution in [0.25, 0.3) is 95.0 Å². The minimum absolute atomic E-state index is 0. The number of hydrogen-bond acceptors (Lipinski definition) is 3. The first kappa shape index (κ1) is 48.9. The molecule has 0 fully saturated rings. The Hall–Kier alpha value is -7.13. The predicted molar refractivity (Wildman–Crippen MR) is 294 cm³/mol. The van der Waals surface area contributed by atoms with E-state index in [4.69, 9.17) is 9.97 Å². The van der Waals surface area contributed by atoms with Gasteiger partial charge in [-0.05, 0) is 96.6 Å². The number of pyridine rings is 1. The van der Waals surface area contributed by atoms with Gasteiger partial charge in [0.15, 0.2) is 0 Å². The second-order valence-corrected chi connectivity index (χ2v) is 21.6. The van der Waals surface area contributed by atoms with Crippen molar-refractivity contribution >= 4 is 11.0 Å². The molecule has 4 nitrogen and oxygen atoms in total. The van der Waals surface area contributed by atoms with Crippen LogP contribution in [-0.4, -0.2) is 19.6 Å². The fourth-order valence-corrected chi connectivity index (χ4v) is 9.59. The molecule has 2 heterocycles. The maximum Gasteiger partial charge on any atom is 0.148 e. The van der Waals surface area contributed by atoms with Crippen LogP contribution in [0.2, 0.25) is 0 Å². The van der Waals surface area contributed by atoms with E-state index >= 15 is 0 Å². The molecule has 0 unspecified atom stereocenters. The van der Waals surface area contributed by atoms with Crippen LogP contribution in [0, 0.1) is 6.07 Å². The number of fused-ring (bicyclic) bond motifs is 1. The second-order valence-electron chi connectivity index (χ2n) is 21.6. The van der Waals surface area contributed by atoms with Crippen molar-refractivity contribution in [3.05, 3.63) is 217 Å². The first-order valence-electron chi connectivity index (χ1n) is 24.4. The number of nitrogens with zero attached hydrogens (tertiary/aromatic N) is 3. The summed E-state index contributed by atoms with van der Waals surface area (Å²) in [5.74, 6) is 0.930. The Morgan fingerprint density at radius 1 is 0.437 bits per heavy atom. The van der Waals surface area contributed by atoms with Crippen molar-refractivity contribution in [3.63, 3.8) is 0 Å². The maximum absolute atomic E-state index is 12.6. The van der Waals surface area contributed by atoms with Crippen molar-refractivity contribution in [2.24, 2.45) is 0 Å². The van der Waals surface area contributed by atoms with E-state index in [1.165, 1.54) is 16.7 Å². The van der Waals surface area contributed by atoms with Gasteiger partial charge in [-0.25, -0.2) is 4.98 Å². The van der Waals surface area contributed by atoms with E-state index in [9.17, 15) is 5.11 Å². The smallest absolute Gasteiger partial charge is 0.148 e. The monoisotopic (exact) mass is 1110 g/mol. The van der Waals surface area contributed by atoms with Crippen LogP contribution < -0.4 is 0 Å². The molecule has 0 aliphatic heterocycles. The van der Waals surface area contributed by atoms with Gasteiger partial charge in [-0.3, -0.25) is 9.55 Å². The van der Waals surface area contributed by atoms with Gasteiger partial charge < -0.3 is 5.11 Å². The van der Waals surface area contributed by atoms with Crippen LogP contribution in [0.1, 0.15) is 79.0 Å². The van der Waals surface area contributed by atoms with Crippen molar-refractivity contribution in [3.8, 4) is 89.7 Å². The maximum atomic E-state index is 12.6. The molecule has 0 aliphatic rings. The number of benzene rings is 8. The number of aromatic hydroxyl groups is 1. The third-order valence-electron chi connectivity index (χ3n) is 13.5. The Morgan fingerprint density at radius 2 is 0.958 bits per heavy atom. The molecular weight excluding hydrogens is 1050 g/mol. The zero-order chi connectivity index (χ0) is 49.0. The number of imidazole rings is 1. The zero-order valence-electron chi connectivity index (χ0n) is 42.1. The van der Waals surface area contributed by atoms with Gasteiger partial charge in [0.25, 0.3) is 0 Å². The summed E-state index contributed by atoms with van der Waals surface area (Å²) in [4.78, 5) is 10.7. The van der Waals surface area contributed by atoms with Gasteiger partial charge in [-0.15, -0.1) is 23.8 Å². The van der Waals surface area contributed by atoms with Crippen LogP contribution in [0.5, 0.6) is 5.75 Å². The first-order valence-corrected chi connectivity index (χ1v) is 24.4. The largest absolute Gasteiger partial charge is 0.507 e. The quantitative estimate of drug-likeness (QED) is 0.154. The third kappa shape index (κ3) is 9.84. The Bertz CT molecular complexity index is 3520. The van der Waals surface area contributed by atoms with Crippen LogP contribution in [-0.2, 0) is 37.3 Å². The molecule has 0 spiro atoms. The summed E-state index contributed by atoms with van der Waals surface area (Å²) in [6.07, 6.45) is 1.90. The van der Waals surface area contributed by atoms with Crippen LogP contribution in [0.4, 0.5) is 0 Å². The Kier molecular flexibility index (Phi) is 13.2. The van der Waals surface area contributed by atoms with E-state index in [0.29, 0.717) is 11.4 Å². The number of para-hydroxylation sites is 1. The fraction of sp³-hybridized carbons (Fsp3) is 0.182. The van der Waals surface area contributed by atoms with Crippen molar-refractivity contribution in [1.82, 2.24) is 14.5 Å². The van der Waals surface area contributed by atoms with Crippen LogP contribution in [0.15, 0.2) is 194 Å². The minimum atomic E-state index is -0.337. The van der Waals surface area contributed by atoms with Gasteiger partial charge in [0.05, 0.1) is 22.3 Å². The Morgan fingerprint density at radius 3 is 1.55 bits per heavy atom. The first-order chi connectivity index (χ1) is 33.5. The normalized spacial score (nSPS) is 12.0. The third-order valence-corrected chi connectivity index (χ3v) is 13.5. The number of phenols is 1. The average molecular weight is 1110 g/mol. The molecule has 356 valence electrons. The molecule has 8 aromatic carbocycles. The Balaban J connectivity index is 0.00000624. The van der Waals surface area contributed by atoms with Gasteiger partial charge in [-0.2, -0.15) is 0 Å². The van der Waals surface area contributed by atoms with Gasteiger partial charge in [0.1, 0.15) is 11.6 Å². The summed E-state index contributed by atoms with van der Waals surface area (Å²) in [5.41, 5.74) is 18.4. The Labute approximate surface area is 434 Å².